The standard InChI is InChI=1S/C15H23FN2O3.ClH/c1-5-15(17,6-2)9-18-14(19)10-7-12(20-3)13(21-4)8-11(10)16;/h7-8H,5-6,9,17H2,1-4H3,(H,18,19);1H. The summed E-state index contributed by atoms with van der Waals surface area (Å²) in [5.74, 6) is -0.651. The van der Waals surface area contributed by atoms with E-state index in [9.17, 15) is 9.18 Å². The Morgan fingerprint density at radius 2 is 1.73 bits per heavy atom. The first kappa shape index (κ1) is 20.5. The molecule has 0 aliphatic carbocycles. The van der Waals surface area contributed by atoms with Crippen LogP contribution in [0.4, 0.5) is 4.39 Å². The Bertz CT molecular complexity index is 508. The smallest absolute Gasteiger partial charge is 0.254 e. The summed E-state index contributed by atoms with van der Waals surface area (Å²) in [6.07, 6.45) is 1.44. The third-order valence-electron chi connectivity index (χ3n) is 3.73. The Morgan fingerprint density at radius 3 is 2.18 bits per heavy atom. The van der Waals surface area contributed by atoms with Crippen LogP contribution in [-0.2, 0) is 0 Å². The van der Waals surface area contributed by atoms with E-state index in [0.717, 1.165) is 18.9 Å². The zero-order valence-electron chi connectivity index (χ0n) is 13.4. The fourth-order valence-corrected chi connectivity index (χ4v) is 1.88. The topological polar surface area (TPSA) is 73.6 Å². The summed E-state index contributed by atoms with van der Waals surface area (Å²) < 4.78 is 24.0. The van der Waals surface area contributed by atoms with Crippen molar-refractivity contribution in [3.63, 3.8) is 0 Å². The fourth-order valence-electron chi connectivity index (χ4n) is 1.88. The molecule has 1 aromatic rings. The highest BCUT2D eigenvalue weighted by Crippen LogP contribution is 2.29. The molecule has 7 heteroatoms. The van der Waals surface area contributed by atoms with Gasteiger partial charge in [0.15, 0.2) is 11.5 Å². The second-order valence-electron chi connectivity index (χ2n) is 4.94. The van der Waals surface area contributed by atoms with Crippen LogP contribution in [0.2, 0.25) is 0 Å². The van der Waals surface area contributed by atoms with E-state index >= 15 is 0 Å². The summed E-state index contributed by atoms with van der Waals surface area (Å²) in [7, 11) is 2.83. The lowest BCUT2D eigenvalue weighted by molar-refractivity contribution is 0.0937. The van der Waals surface area contributed by atoms with E-state index in [0.29, 0.717) is 5.75 Å². The summed E-state index contributed by atoms with van der Waals surface area (Å²) in [6.45, 7) is 4.19. The highest BCUT2D eigenvalue weighted by Gasteiger charge is 2.23. The molecule has 1 amide bonds. The molecule has 1 rings (SSSR count). The predicted octanol–water partition coefficient (Wildman–Crippen LogP) is 2.51. The average Bonchev–Trinajstić information content (AvgIpc) is 2.51. The van der Waals surface area contributed by atoms with Gasteiger partial charge in [-0.1, -0.05) is 13.8 Å². The molecule has 0 saturated heterocycles. The second-order valence-corrected chi connectivity index (χ2v) is 4.94. The van der Waals surface area contributed by atoms with Crippen molar-refractivity contribution >= 4 is 18.3 Å². The van der Waals surface area contributed by atoms with Gasteiger partial charge in [-0.05, 0) is 18.9 Å². The molecule has 0 spiro atoms. The quantitative estimate of drug-likeness (QED) is 0.803. The van der Waals surface area contributed by atoms with E-state index in [2.05, 4.69) is 5.32 Å². The average molecular weight is 335 g/mol. The van der Waals surface area contributed by atoms with Crippen LogP contribution in [0, 0.1) is 5.82 Å². The molecule has 0 heterocycles. The van der Waals surface area contributed by atoms with Crippen molar-refractivity contribution in [1.29, 1.82) is 0 Å². The Labute approximate surface area is 136 Å². The largest absolute Gasteiger partial charge is 0.493 e. The van der Waals surface area contributed by atoms with Gasteiger partial charge in [0.05, 0.1) is 19.8 Å². The number of benzene rings is 1. The number of hydrogen-bond donors (Lipinski definition) is 2. The Kier molecular flexibility index (Phi) is 8.19. The van der Waals surface area contributed by atoms with Crippen molar-refractivity contribution in [2.24, 2.45) is 5.73 Å². The number of amides is 1. The van der Waals surface area contributed by atoms with Crippen molar-refractivity contribution in [3.8, 4) is 11.5 Å². The summed E-state index contributed by atoms with van der Waals surface area (Å²) in [5.41, 5.74) is 5.53. The minimum absolute atomic E-state index is 0. The molecule has 126 valence electrons. The van der Waals surface area contributed by atoms with E-state index in [-0.39, 0.29) is 30.3 Å². The van der Waals surface area contributed by atoms with Crippen LogP contribution in [0.3, 0.4) is 0 Å². The Balaban J connectivity index is 0.00000441. The van der Waals surface area contributed by atoms with Gasteiger partial charge in [0.2, 0.25) is 0 Å². The molecule has 0 radical (unpaired) electrons. The van der Waals surface area contributed by atoms with E-state index in [1.807, 2.05) is 13.8 Å². The van der Waals surface area contributed by atoms with E-state index < -0.39 is 17.3 Å². The number of nitrogens with two attached hydrogens (primary N) is 1. The second kappa shape index (κ2) is 8.80. The Morgan fingerprint density at radius 1 is 1.23 bits per heavy atom. The van der Waals surface area contributed by atoms with Gasteiger partial charge in [-0.15, -0.1) is 12.4 Å². The Hall–Kier alpha value is -1.53. The zero-order chi connectivity index (χ0) is 16.0. The SMILES string of the molecule is CCC(N)(CC)CNC(=O)c1cc(OC)c(OC)cc1F.Cl. The fraction of sp³-hybridized carbons (Fsp3) is 0.533. The molecule has 5 nitrogen and oxygen atoms in total. The highest BCUT2D eigenvalue weighted by molar-refractivity contribution is 5.95. The maximum Gasteiger partial charge on any atom is 0.254 e. The van der Waals surface area contributed by atoms with Crippen molar-refractivity contribution < 1.29 is 18.7 Å². The van der Waals surface area contributed by atoms with Gasteiger partial charge < -0.3 is 20.5 Å². The van der Waals surface area contributed by atoms with Gasteiger partial charge >= 0.3 is 0 Å². The number of methoxy groups -OCH3 is 2. The van der Waals surface area contributed by atoms with E-state index in [1.165, 1.54) is 20.3 Å². The first-order chi connectivity index (χ1) is 9.90. The number of carbonyl (C=O) groups excluding carboxylic acids is 1. The first-order valence-corrected chi connectivity index (χ1v) is 6.89. The van der Waals surface area contributed by atoms with Crippen LogP contribution in [0.25, 0.3) is 0 Å². The zero-order valence-corrected chi connectivity index (χ0v) is 14.2. The number of ether oxygens (including phenoxy) is 2. The first-order valence-electron chi connectivity index (χ1n) is 6.89. The summed E-state index contributed by atoms with van der Waals surface area (Å²) in [6, 6.07) is 2.45. The predicted molar refractivity (Wildman–Crippen MR) is 86.6 cm³/mol. The molecule has 3 N–H and O–H groups in total. The van der Waals surface area contributed by atoms with Gasteiger partial charge in [-0.3, -0.25) is 4.79 Å². The van der Waals surface area contributed by atoms with Crippen molar-refractivity contribution in [2.45, 2.75) is 32.2 Å². The number of nitrogens with one attached hydrogen (secondary N) is 1. The van der Waals surface area contributed by atoms with Gasteiger partial charge in [0, 0.05) is 18.2 Å². The van der Waals surface area contributed by atoms with Crippen LogP contribution in [0.15, 0.2) is 12.1 Å². The number of rotatable bonds is 7. The van der Waals surface area contributed by atoms with Gasteiger partial charge in [0.1, 0.15) is 5.82 Å². The monoisotopic (exact) mass is 334 g/mol. The summed E-state index contributed by atoms with van der Waals surface area (Å²) >= 11 is 0. The van der Waals surface area contributed by atoms with Crippen LogP contribution < -0.4 is 20.5 Å². The maximum atomic E-state index is 14.0. The van der Waals surface area contributed by atoms with Crippen LogP contribution in [-0.4, -0.2) is 32.2 Å². The van der Waals surface area contributed by atoms with Gasteiger partial charge in [0.25, 0.3) is 5.91 Å². The highest BCUT2D eigenvalue weighted by atomic mass is 35.5. The molecular weight excluding hydrogens is 311 g/mol. The molecule has 0 saturated carbocycles. The normalized spacial score (nSPS) is 10.6. The lowest BCUT2D eigenvalue weighted by Crippen LogP contribution is -2.49. The lowest BCUT2D eigenvalue weighted by Gasteiger charge is -2.26. The van der Waals surface area contributed by atoms with Crippen molar-refractivity contribution in [1.82, 2.24) is 5.32 Å². The van der Waals surface area contributed by atoms with Crippen molar-refractivity contribution in [3.05, 3.63) is 23.5 Å². The third kappa shape index (κ3) is 4.74. The van der Waals surface area contributed by atoms with Crippen LogP contribution >= 0.6 is 12.4 Å². The summed E-state index contributed by atoms with van der Waals surface area (Å²) in [4.78, 5) is 12.1. The molecule has 22 heavy (non-hydrogen) atoms. The van der Waals surface area contributed by atoms with Crippen molar-refractivity contribution in [2.75, 3.05) is 20.8 Å². The molecular formula is C15H24ClFN2O3. The maximum absolute atomic E-state index is 14.0. The number of halogens is 2. The van der Waals surface area contributed by atoms with Gasteiger partial charge in [-0.25, -0.2) is 4.39 Å². The molecule has 0 unspecified atom stereocenters. The van der Waals surface area contributed by atoms with Crippen LogP contribution in [0.1, 0.15) is 37.0 Å². The molecule has 0 bridgehead atoms. The van der Waals surface area contributed by atoms with E-state index in [4.69, 9.17) is 15.2 Å². The molecule has 0 fully saturated rings. The minimum Gasteiger partial charge on any atom is -0.493 e. The molecule has 1 aromatic carbocycles. The molecule has 0 aliphatic heterocycles. The molecule has 0 atom stereocenters. The molecule has 0 aromatic heterocycles. The number of carbonyl (C=O) groups is 1. The van der Waals surface area contributed by atoms with E-state index in [1.54, 1.807) is 0 Å². The van der Waals surface area contributed by atoms with Gasteiger partial charge in [-0.2, -0.15) is 0 Å². The third-order valence-corrected chi connectivity index (χ3v) is 3.73. The minimum atomic E-state index is -0.666. The lowest BCUT2D eigenvalue weighted by atomic mass is 9.94. The summed E-state index contributed by atoms with van der Waals surface area (Å²) in [5, 5.41) is 2.67. The number of hydrogen-bond acceptors (Lipinski definition) is 4. The molecule has 0 aliphatic rings. The van der Waals surface area contributed by atoms with Crippen LogP contribution in [0.5, 0.6) is 11.5 Å².